The SMILES string of the molecule is C/C=C/C=C/C(=O)Nc1cccc(C2=NOC3(C2)C[C@H](C(N)=O)N(C(=O)CC(c2ccccc2)c2ccccc2)C3)c1. The Morgan fingerprint density at radius 1 is 1.02 bits per heavy atom. The highest BCUT2D eigenvalue weighted by Gasteiger charge is 2.53. The number of oxime groups is 1. The Bertz CT molecular complexity index is 1490. The van der Waals surface area contributed by atoms with E-state index in [0.717, 1.165) is 16.7 Å². The van der Waals surface area contributed by atoms with Gasteiger partial charge in [0.15, 0.2) is 5.60 Å². The maximum Gasteiger partial charge on any atom is 0.248 e. The summed E-state index contributed by atoms with van der Waals surface area (Å²) in [6, 6.07) is 26.3. The number of hydrogen-bond acceptors (Lipinski definition) is 5. The van der Waals surface area contributed by atoms with E-state index in [4.69, 9.17) is 10.6 Å². The summed E-state index contributed by atoms with van der Waals surface area (Å²) in [5.41, 5.74) is 9.09. The molecule has 1 unspecified atom stereocenters. The number of nitrogens with one attached hydrogen (secondary N) is 1. The van der Waals surface area contributed by atoms with Crippen LogP contribution in [0.3, 0.4) is 0 Å². The van der Waals surface area contributed by atoms with E-state index < -0.39 is 17.6 Å². The Kier molecular flexibility index (Phi) is 8.62. The smallest absolute Gasteiger partial charge is 0.248 e. The van der Waals surface area contributed by atoms with E-state index in [9.17, 15) is 14.4 Å². The average molecular weight is 563 g/mol. The lowest BCUT2D eigenvalue weighted by molar-refractivity contribution is -0.137. The van der Waals surface area contributed by atoms with Gasteiger partial charge in [-0.15, -0.1) is 0 Å². The highest BCUT2D eigenvalue weighted by Crippen LogP contribution is 2.40. The molecule has 2 aliphatic heterocycles. The molecule has 3 aromatic rings. The molecule has 42 heavy (non-hydrogen) atoms. The number of hydrogen-bond donors (Lipinski definition) is 2. The van der Waals surface area contributed by atoms with Gasteiger partial charge in [-0.3, -0.25) is 14.4 Å². The van der Waals surface area contributed by atoms with Crippen LogP contribution in [-0.4, -0.2) is 46.5 Å². The van der Waals surface area contributed by atoms with Crippen molar-refractivity contribution >= 4 is 29.1 Å². The van der Waals surface area contributed by atoms with Gasteiger partial charge < -0.3 is 20.8 Å². The first-order valence-corrected chi connectivity index (χ1v) is 14.0. The number of rotatable bonds is 9. The summed E-state index contributed by atoms with van der Waals surface area (Å²) in [5.74, 6) is -1.15. The van der Waals surface area contributed by atoms with Crippen LogP contribution < -0.4 is 11.1 Å². The quantitative estimate of drug-likeness (QED) is 0.284. The summed E-state index contributed by atoms with van der Waals surface area (Å²) in [4.78, 5) is 46.1. The Balaban J connectivity index is 1.31. The Morgan fingerprint density at radius 2 is 1.71 bits per heavy atom. The topological polar surface area (TPSA) is 114 Å². The predicted molar refractivity (Wildman–Crippen MR) is 163 cm³/mol. The van der Waals surface area contributed by atoms with Crippen LogP contribution in [0.5, 0.6) is 0 Å². The van der Waals surface area contributed by atoms with E-state index in [-0.39, 0.29) is 37.1 Å². The highest BCUT2D eigenvalue weighted by atomic mass is 16.7. The van der Waals surface area contributed by atoms with Crippen LogP contribution in [0.25, 0.3) is 0 Å². The van der Waals surface area contributed by atoms with E-state index in [2.05, 4.69) is 10.5 Å². The molecule has 0 radical (unpaired) electrons. The molecule has 5 rings (SSSR count). The second kappa shape index (κ2) is 12.7. The Hall–Kier alpha value is -4.98. The van der Waals surface area contributed by atoms with Gasteiger partial charge in [0.2, 0.25) is 17.7 Å². The third-order valence-corrected chi connectivity index (χ3v) is 7.69. The molecule has 1 fully saturated rings. The standard InChI is InChI=1S/C34H34N4O4/c1-2-3-6-18-31(39)36-27-17-11-16-26(19-27)29-21-34(42-37-29)22-30(33(35)41)38(23-34)32(40)20-28(24-12-7-4-8-13-24)25-14-9-5-10-15-25/h2-19,28,30H,20-23H2,1H3,(H2,35,41)(H,36,39)/b3-2+,18-6+/t30-,34?/m1/s1. The minimum Gasteiger partial charge on any atom is -0.387 e. The van der Waals surface area contributed by atoms with Gasteiger partial charge in [0, 0.05) is 42.5 Å². The molecule has 1 saturated heterocycles. The van der Waals surface area contributed by atoms with Crippen molar-refractivity contribution in [3.8, 4) is 0 Å². The molecule has 2 aliphatic rings. The molecule has 2 atom stereocenters. The number of amides is 3. The summed E-state index contributed by atoms with van der Waals surface area (Å²) in [7, 11) is 0. The lowest BCUT2D eigenvalue weighted by Crippen LogP contribution is -2.44. The summed E-state index contributed by atoms with van der Waals surface area (Å²) in [6.45, 7) is 2.08. The van der Waals surface area contributed by atoms with Crippen molar-refractivity contribution in [3.63, 3.8) is 0 Å². The molecule has 3 amide bonds. The molecule has 3 aromatic carbocycles. The molecule has 1 spiro atoms. The van der Waals surface area contributed by atoms with Gasteiger partial charge in [0.1, 0.15) is 6.04 Å². The summed E-state index contributed by atoms with van der Waals surface area (Å²) in [5, 5.41) is 7.20. The molecular formula is C34H34N4O4. The second-order valence-corrected chi connectivity index (χ2v) is 10.7. The summed E-state index contributed by atoms with van der Waals surface area (Å²) < 4.78 is 0. The van der Waals surface area contributed by atoms with Crippen LogP contribution in [0.15, 0.2) is 114 Å². The number of allylic oxidation sites excluding steroid dienone is 3. The zero-order chi connectivity index (χ0) is 29.5. The van der Waals surface area contributed by atoms with E-state index in [1.165, 1.54) is 6.08 Å². The minimum absolute atomic E-state index is 0.166. The van der Waals surface area contributed by atoms with Gasteiger partial charge >= 0.3 is 0 Å². The van der Waals surface area contributed by atoms with Crippen LogP contribution in [0.4, 0.5) is 5.69 Å². The highest BCUT2D eigenvalue weighted by molar-refractivity contribution is 6.04. The van der Waals surface area contributed by atoms with Crippen LogP contribution in [0, 0.1) is 0 Å². The van der Waals surface area contributed by atoms with Gasteiger partial charge in [-0.25, -0.2) is 0 Å². The van der Waals surface area contributed by atoms with Crippen LogP contribution >= 0.6 is 0 Å². The van der Waals surface area contributed by atoms with Gasteiger partial charge in [-0.2, -0.15) is 0 Å². The Morgan fingerprint density at radius 3 is 2.36 bits per heavy atom. The first-order valence-electron chi connectivity index (χ1n) is 14.0. The first-order chi connectivity index (χ1) is 20.4. The molecule has 8 heteroatoms. The van der Waals surface area contributed by atoms with Crippen LogP contribution in [0.1, 0.15) is 48.8 Å². The molecule has 0 bridgehead atoms. The normalized spacial score (nSPS) is 19.9. The lowest BCUT2D eigenvalue weighted by atomic mass is 9.88. The minimum atomic E-state index is -0.853. The third kappa shape index (κ3) is 6.49. The van der Waals surface area contributed by atoms with Gasteiger partial charge in [-0.1, -0.05) is 96.2 Å². The van der Waals surface area contributed by atoms with Crippen molar-refractivity contribution in [1.29, 1.82) is 0 Å². The van der Waals surface area contributed by atoms with E-state index in [1.807, 2.05) is 91.9 Å². The molecule has 214 valence electrons. The number of nitrogens with zero attached hydrogens (tertiary/aromatic N) is 2. The van der Waals surface area contributed by atoms with Crippen molar-refractivity contribution < 1.29 is 19.2 Å². The zero-order valence-corrected chi connectivity index (χ0v) is 23.5. The van der Waals surface area contributed by atoms with Crippen molar-refractivity contribution in [2.75, 3.05) is 11.9 Å². The van der Waals surface area contributed by atoms with Crippen molar-refractivity contribution in [2.24, 2.45) is 10.9 Å². The number of nitrogens with two attached hydrogens (primary N) is 1. The van der Waals surface area contributed by atoms with Crippen molar-refractivity contribution in [2.45, 2.75) is 43.7 Å². The zero-order valence-electron chi connectivity index (χ0n) is 23.5. The maximum atomic E-state index is 13.8. The van der Waals surface area contributed by atoms with Gasteiger partial charge in [0.05, 0.1) is 12.3 Å². The maximum absolute atomic E-state index is 13.8. The fourth-order valence-corrected chi connectivity index (χ4v) is 5.64. The van der Waals surface area contributed by atoms with E-state index in [1.54, 1.807) is 23.1 Å². The van der Waals surface area contributed by atoms with E-state index >= 15 is 0 Å². The molecule has 3 N–H and O–H groups in total. The first kappa shape index (κ1) is 28.5. The van der Waals surface area contributed by atoms with Gasteiger partial charge in [-0.05, 0) is 30.2 Å². The molecule has 0 aliphatic carbocycles. The summed E-state index contributed by atoms with van der Waals surface area (Å²) >= 11 is 0. The fourth-order valence-electron chi connectivity index (χ4n) is 5.64. The van der Waals surface area contributed by atoms with Crippen LogP contribution in [0.2, 0.25) is 0 Å². The number of carbonyl (C=O) groups excluding carboxylic acids is 3. The number of primary amides is 1. The van der Waals surface area contributed by atoms with Crippen molar-refractivity contribution in [3.05, 3.63) is 126 Å². The molecule has 2 heterocycles. The second-order valence-electron chi connectivity index (χ2n) is 10.7. The molecule has 0 aromatic heterocycles. The molecular weight excluding hydrogens is 528 g/mol. The number of benzene rings is 3. The van der Waals surface area contributed by atoms with E-state index in [0.29, 0.717) is 17.8 Å². The number of carbonyl (C=O) groups is 3. The third-order valence-electron chi connectivity index (χ3n) is 7.69. The lowest BCUT2D eigenvalue weighted by Gasteiger charge is -2.26. The predicted octanol–water partition coefficient (Wildman–Crippen LogP) is 4.93. The largest absolute Gasteiger partial charge is 0.387 e. The Labute approximate surface area is 245 Å². The van der Waals surface area contributed by atoms with Crippen molar-refractivity contribution in [1.82, 2.24) is 4.90 Å². The number of likely N-dealkylation sites (tertiary alicyclic amines) is 1. The molecule has 0 saturated carbocycles. The van der Waals surface area contributed by atoms with Crippen LogP contribution in [-0.2, 0) is 19.2 Å². The average Bonchev–Trinajstić information content (AvgIpc) is 3.61. The monoisotopic (exact) mass is 562 g/mol. The fraction of sp³-hybridized carbons (Fsp3) is 0.235. The molecule has 8 nitrogen and oxygen atoms in total. The summed E-state index contributed by atoms with van der Waals surface area (Å²) in [6.07, 6.45) is 7.58. The number of anilines is 1. The van der Waals surface area contributed by atoms with Gasteiger partial charge in [0.25, 0.3) is 0 Å².